The van der Waals surface area contributed by atoms with E-state index in [4.69, 9.17) is 4.74 Å². The highest BCUT2D eigenvalue weighted by Crippen LogP contribution is 2.27. The molecule has 2 aliphatic heterocycles. The van der Waals surface area contributed by atoms with Gasteiger partial charge in [0.25, 0.3) is 11.8 Å². The summed E-state index contributed by atoms with van der Waals surface area (Å²) >= 11 is 0. The Morgan fingerprint density at radius 1 is 0.889 bits per heavy atom. The highest BCUT2D eigenvalue weighted by atomic mass is 16.5. The van der Waals surface area contributed by atoms with Crippen molar-refractivity contribution in [2.75, 3.05) is 26.3 Å². The van der Waals surface area contributed by atoms with Crippen LogP contribution in [0, 0.1) is 0 Å². The molecule has 27 heavy (non-hydrogen) atoms. The average Bonchev–Trinajstić information content (AvgIpc) is 2.98. The van der Waals surface area contributed by atoms with Crippen molar-refractivity contribution in [1.82, 2.24) is 9.80 Å². The minimum atomic E-state index is -0.863. The van der Waals surface area contributed by atoms with Gasteiger partial charge in [-0.3, -0.25) is 19.3 Å². The van der Waals surface area contributed by atoms with Crippen LogP contribution in [0.5, 0.6) is 0 Å². The summed E-state index contributed by atoms with van der Waals surface area (Å²) in [5.74, 6) is -1.02. The molecule has 2 aromatic rings. The van der Waals surface area contributed by atoms with Crippen molar-refractivity contribution in [3.05, 3.63) is 71.3 Å². The lowest BCUT2D eigenvalue weighted by Gasteiger charge is -2.33. The number of carbonyl (C=O) groups is 3. The Labute approximate surface area is 157 Å². The number of rotatable bonds is 4. The van der Waals surface area contributed by atoms with Gasteiger partial charge in [-0.05, 0) is 17.7 Å². The molecule has 2 aromatic carbocycles. The van der Waals surface area contributed by atoms with Crippen LogP contribution in [-0.4, -0.2) is 59.9 Å². The van der Waals surface area contributed by atoms with Crippen LogP contribution in [-0.2, 0) is 16.0 Å². The molecule has 0 radical (unpaired) electrons. The summed E-state index contributed by atoms with van der Waals surface area (Å²) in [5.41, 5.74) is 1.62. The average molecular weight is 364 g/mol. The SMILES string of the molecule is O=C([C@@H](Cc1ccccc1)N1C(=O)c2ccccc2C1=O)N1CCOCC1. The molecule has 0 aliphatic carbocycles. The number of carbonyl (C=O) groups excluding carboxylic acids is 3. The summed E-state index contributed by atoms with van der Waals surface area (Å²) < 4.78 is 5.32. The van der Waals surface area contributed by atoms with Crippen molar-refractivity contribution in [3.8, 4) is 0 Å². The maximum atomic E-state index is 13.3. The van der Waals surface area contributed by atoms with Crippen LogP contribution in [0.2, 0.25) is 0 Å². The normalized spacial score (nSPS) is 17.8. The van der Waals surface area contributed by atoms with Gasteiger partial charge in [0, 0.05) is 19.5 Å². The summed E-state index contributed by atoms with van der Waals surface area (Å²) in [6, 6.07) is 15.3. The standard InChI is InChI=1S/C21H20N2O4/c24-19-16-8-4-5-9-17(16)20(25)23(19)18(14-15-6-2-1-3-7-15)21(26)22-10-12-27-13-11-22/h1-9,18H,10-14H2/t18-/m1/s1. The van der Waals surface area contributed by atoms with Crippen molar-refractivity contribution in [3.63, 3.8) is 0 Å². The van der Waals surface area contributed by atoms with Crippen molar-refractivity contribution in [2.24, 2.45) is 0 Å². The van der Waals surface area contributed by atoms with Gasteiger partial charge in [-0.15, -0.1) is 0 Å². The molecule has 0 saturated carbocycles. The molecule has 6 heteroatoms. The molecular formula is C21H20N2O4. The van der Waals surface area contributed by atoms with Crippen molar-refractivity contribution < 1.29 is 19.1 Å². The molecular weight excluding hydrogens is 344 g/mol. The van der Waals surface area contributed by atoms with Gasteiger partial charge in [-0.2, -0.15) is 0 Å². The third kappa shape index (κ3) is 3.24. The lowest BCUT2D eigenvalue weighted by Crippen LogP contribution is -2.54. The molecule has 2 aliphatic rings. The van der Waals surface area contributed by atoms with Crippen LogP contribution < -0.4 is 0 Å². The number of morpholine rings is 1. The first-order chi connectivity index (χ1) is 13.2. The molecule has 0 unspecified atom stereocenters. The number of hydrogen-bond acceptors (Lipinski definition) is 4. The van der Waals surface area contributed by atoms with E-state index in [0.717, 1.165) is 10.5 Å². The third-order valence-electron chi connectivity index (χ3n) is 5.02. The van der Waals surface area contributed by atoms with Crippen LogP contribution in [0.25, 0.3) is 0 Å². The molecule has 3 amide bonds. The predicted molar refractivity (Wildman–Crippen MR) is 98.3 cm³/mol. The van der Waals surface area contributed by atoms with Crippen LogP contribution in [0.4, 0.5) is 0 Å². The van der Waals surface area contributed by atoms with E-state index in [1.165, 1.54) is 0 Å². The molecule has 4 rings (SSSR count). The number of benzene rings is 2. The fourth-order valence-corrected chi connectivity index (χ4v) is 3.61. The first-order valence-electron chi connectivity index (χ1n) is 9.04. The van der Waals surface area contributed by atoms with E-state index in [0.29, 0.717) is 43.9 Å². The Morgan fingerprint density at radius 3 is 2.04 bits per heavy atom. The number of hydrogen-bond donors (Lipinski definition) is 0. The third-order valence-corrected chi connectivity index (χ3v) is 5.02. The van der Waals surface area contributed by atoms with E-state index in [-0.39, 0.29) is 5.91 Å². The second-order valence-corrected chi connectivity index (χ2v) is 6.67. The van der Waals surface area contributed by atoms with E-state index < -0.39 is 17.9 Å². The topological polar surface area (TPSA) is 66.9 Å². The Morgan fingerprint density at radius 2 is 1.44 bits per heavy atom. The van der Waals surface area contributed by atoms with Gasteiger partial charge in [0.2, 0.25) is 5.91 Å². The molecule has 1 fully saturated rings. The molecule has 1 atom stereocenters. The molecule has 0 bridgehead atoms. The molecule has 2 heterocycles. The molecule has 0 aromatic heterocycles. The van der Waals surface area contributed by atoms with Gasteiger partial charge in [0.1, 0.15) is 6.04 Å². The van der Waals surface area contributed by atoms with Gasteiger partial charge in [-0.1, -0.05) is 42.5 Å². The zero-order valence-electron chi connectivity index (χ0n) is 14.8. The van der Waals surface area contributed by atoms with Crippen LogP contribution in [0.1, 0.15) is 26.3 Å². The summed E-state index contributed by atoms with van der Waals surface area (Å²) in [4.78, 5) is 41.9. The smallest absolute Gasteiger partial charge is 0.262 e. The van der Waals surface area contributed by atoms with Gasteiger partial charge < -0.3 is 9.64 Å². The monoisotopic (exact) mass is 364 g/mol. The Balaban J connectivity index is 1.68. The lowest BCUT2D eigenvalue weighted by atomic mass is 10.0. The largest absolute Gasteiger partial charge is 0.378 e. The number of fused-ring (bicyclic) bond motifs is 1. The lowest BCUT2D eigenvalue weighted by molar-refractivity contribution is -0.139. The first kappa shape index (κ1) is 17.4. The second kappa shape index (κ2) is 7.32. The first-order valence-corrected chi connectivity index (χ1v) is 9.04. The molecule has 0 N–H and O–H groups in total. The number of nitrogens with zero attached hydrogens (tertiary/aromatic N) is 2. The van der Waals surface area contributed by atoms with Crippen LogP contribution in [0.15, 0.2) is 54.6 Å². The summed E-state index contributed by atoms with van der Waals surface area (Å²) in [6.45, 7) is 1.86. The fraction of sp³-hybridized carbons (Fsp3) is 0.286. The summed E-state index contributed by atoms with van der Waals surface area (Å²) in [5, 5.41) is 0. The van der Waals surface area contributed by atoms with E-state index in [9.17, 15) is 14.4 Å². The Kier molecular flexibility index (Phi) is 4.73. The second-order valence-electron chi connectivity index (χ2n) is 6.67. The summed E-state index contributed by atoms with van der Waals surface area (Å²) in [7, 11) is 0. The van der Waals surface area contributed by atoms with Gasteiger partial charge >= 0.3 is 0 Å². The van der Waals surface area contributed by atoms with Gasteiger partial charge in [0.05, 0.1) is 24.3 Å². The van der Waals surface area contributed by atoms with Gasteiger partial charge in [-0.25, -0.2) is 0 Å². The minimum absolute atomic E-state index is 0.211. The highest BCUT2D eigenvalue weighted by Gasteiger charge is 2.43. The molecule has 138 valence electrons. The van der Waals surface area contributed by atoms with Crippen molar-refractivity contribution in [2.45, 2.75) is 12.5 Å². The number of imide groups is 1. The fourth-order valence-electron chi connectivity index (χ4n) is 3.61. The zero-order chi connectivity index (χ0) is 18.8. The quantitative estimate of drug-likeness (QED) is 0.776. The predicted octanol–water partition coefficient (Wildman–Crippen LogP) is 1.75. The van der Waals surface area contributed by atoms with E-state index in [1.807, 2.05) is 30.3 Å². The van der Waals surface area contributed by atoms with Gasteiger partial charge in [0.15, 0.2) is 0 Å². The Hall–Kier alpha value is -2.99. The number of ether oxygens (including phenoxy) is 1. The summed E-state index contributed by atoms with van der Waals surface area (Å²) in [6.07, 6.45) is 0.294. The number of amides is 3. The van der Waals surface area contributed by atoms with Crippen LogP contribution >= 0.6 is 0 Å². The van der Waals surface area contributed by atoms with Crippen molar-refractivity contribution >= 4 is 17.7 Å². The maximum absolute atomic E-state index is 13.3. The van der Waals surface area contributed by atoms with E-state index >= 15 is 0 Å². The minimum Gasteiger partial charge on any atom is -0.378 e. The van der Waals surface area contributed by atoms with Crippen molar-refractivity contribution in [1.29, 1.82) is 0 Å². The molecule has 0 spiro atoms. The maximum Gasteiger partial charge on any atom is 0.262 e. The van der Waals surface area contributed by atoms with E-state index in [2.05, 4.69) is 0 Å². The highest BCUT2D eigenvalue weighted by molar-refractivity contribution is 6.22. The molecule has 6 nitrogen and oxygen atoms in total. The van der Waals surface area contributed by atoms with E-state index in [1.54, 1.807) is 29.2 Å². The zero-order valence-corrected chi connectivity index (χ0v) is 14.8. The van der Waals surface area contributed by atoms with Crippen LogP contribution in [0.3, 0.4) is 0 Å². The molecule has 1 saturated heterocycles. The Bertz CT molecular complexity index is 840.